The van der Waals surface area contributed by atoms with Crippen LogP contribution in [0.2, 0.25) is 0 Å². The van der Waals surface area contributed by atoms with Crippen molar-refractivity contribution in [1.82, 2.24) is 19.5 Å². The van der Waals surface area contributed by atoms with E-state index in [1.807, 2.05) is 0 Å². The molecule has 25 heavy (non-hydrogen) atoms. The van der Waals surface area contributed by atoms with Gasteiger partial charge in [0.1, 0.15) is 12.2 Å². The van der Waals surface area contributed by atoms with E-state index in [9.17, 15) is 15.0 Å². The largest absolute Gasteiger partial charge is 0.388 e. The van der Waals surface area contributed by atoms with Gasteiger partial charge in [-0.2, -0.15) is 4.98 Å². The van der Waals surface area contributed by atoms with E-state index in [1.54, 1.807) is 7.05 Å². The summed E-state index contributed by atoms with van der Waals surface area (Å²) in [4.78, 5) is 22.9. The fourth-order valence-corrected chi connectivity index (χ4v) is 3.86. The zero-order valence-electron chi connectivity index (χ0n) is 14.5. The van der Waals surface area contributed by atoms with Crippen molar-refractivity contribution in [3.63, 3.8) is 0 Å². The lowest BCUT2D eigenvalue weighted by atomic mass is 10.1. The number of anilines is 1. The minimum atomic E-state index is -1.26. The van der Waals surface area contributed by atoms with Crippen LogP contribution in [0.5, 0.6) is 0 Å². The van der Waals surface area contributed by atoms with E-state index in [2.05, 4.69) is 39.9 Å². The Morgan fingerprint density at radius 3 is 2.80 bits per heavy atom. The molecule has 0 saturated carbocycles. The molecule has 1 saturated heterocycles. The molecule has 10 heteroatoms. The molecule has 0 amide bonds. The second-order valence-electron chi connectivity index (χ2n) is 6.98. The number of hydrogen-bond acceptors (Lipinski definition) is 7. The molecule has 0 spiro atoms. The molecular weight excluding hydrogens is 345 g/mol. The van der Waals surface area contributed by atoms with Crippen LogP contribution in [0.1, 0.15) is 12.6 Å². The van der Waals surface area contributed by atoms with Crippen LogP contribution in [0.25, 0.3) is 11.2 Å². The van der Waals surface area contributed by atoms with Crippen LogP contribution in [0.3, 0.4) is 0 Å². The van der Waals surface area contributed by atoms with Gasteiger partial charge in [0.15, 0.2) is 17.4 Å². The number of aromatic amines is 1. The number of nitrogens with zero attached hydrogens (tertiary/aromatic N) is 3. The summed E-state index contributed by atoms with van der Waals surface area (Å²) in [6, 6.07) is 0. The van der Waals surface area contributed by atoms with Gasteiger partial charge in [0.05, 0.1) is 12.4 Å². The molecule has 4 atom stereocenters. The Morgan fingerprint density at radius 2 is 2.16 bits per heavy atom. The average Bonchev–Trinajstić information content (AvgIpc) is 3.08. The van der Waals surface area contributed by atoms with Crippen molar-refractivity contribution < 1.29 is 14.9 Å². The Morgan fingerprint density at radius 1 is 1.44 bits per heavy atom. The van der Waals surface area contributed by atoms with E-state index in [0.29, 0.717) is 6.42 Å². The molecular formula is C15H24N5O4P. The monoisotopic (exact) mass is 369 g/mol. The Kier molecular flexibility index (Phi) is 4.76. The van der Waals surface area contributed by atoms with Crippen molar-refractivity contribution in [1.29, 1.82) is 0 Å². The zero-order valence-corrected chi connectivity index (χ0v) is 15.4. The highest BCUT2D eigenvalue weighted by Gasteiger charge is 2.44. The van der Waals surface area contributed by atoms with E-state index in [1.165, 1.54) is 10.9 Å². The lowest BCUT2D eigenvalue weighted by molar-refractivity contribution is -0.0353. The summed E-state index contributed by atoms with van der Waals surface area (Å²) in [6.45, 7) is 2.97. The quantitative estimate of drug-likeness (QED) is 0.542. The number of aromatic nitrogens is 4. The van der Waals surface area contributed by atoms with Gasteiger partial charge in [0, 0.05) is 7.05 Å². The maximum Gasteiger partial charge on any atom is 0.280 e. The minimum Gasteiger partial charge on any atom is -0.388 e. The minimum absolute atomic E-state index is 0.151. The number of imidazole rings is 1. The van der Waals surface area contributed by atoms with E-state index >= 15 is 0 Å². The molecule has 3 rings (SSSR count). The molecule has 1 aliphatic heterocycles. The van der Waals surface area contributed by atoms with Crippen LogP contribution in [0.4, 0.5) is 5.95 Å². The average molecular weight is 369 g/mol. The third-order valence-corrected chi connectivity index (χ3v) is 5.77. The molecule has 4 N–H and O–H groups in total. The van der Waals surface area contributed by atoms with Crippen molar-refractivity contribution in [3.05, 3.63) is 16.7 Å². The Labute approximate surface area is 145 Å². The first-order valence-electron chi connectivity index (χ1n) is 8.05. The molecule has 0 radical (unpaired) electrons. The third kappa shape index (κ3) is 3.50. The molecule has 1 aliphatic rings. The van der Waals surface area contributed by atoms with Gasteiger partial charge < -0.3 is 20.3 Å². The molecule has 2 aromatic heterocycles. The lowest BCUT2D eigenvalue weighted by Gasteiger charge is -2.18. The lowest BCUT2D eigenvalue weighted by Crippen LogP contribution is -2.32. The SMILES string of the molecule is C=P(C)(C)CC[C@H]1O[C@@H](n2cnc3c(=O)[nH]c(NC)nc32)[C@H](O)[C@@H]1O. The Hall–Kier alpha value is -1.67. The topological polar surface area (TPSA) is 125 Å². The molecule has 0 aromatic carbocycles. The molecule has 0 bridgehead atoms. The summed E-state index contributed by atoms with van der Waals surface area (Å²) in [5.74, 6) is 0.285. The Bertz CT molecular complexity index is 872. The second-order valence-corrected chi connectivity index (χ2v) is 11.3. The number of hydrogen-bond donors (Lipinski definition) is 4. The second kappa shape index (κ2) is 6.57. The molecule has 0 unspecified atom stereocenters. The number of nitrogens with one attached hydrogen (secondary N) is 2. The summed E-state index contributed by atoms with van der Waals surface area (Å²) in [6.07, 6.45) is 3.52. The van der Waals surface area contributed by atoms with E-state index in [-0.39, 0.29) is 22.7 Å². The maximum atomic E-state index is 12.0. The van der Waals surface area contributed by atoms with Crippen molar-refractivity contribution in [2.24, 2.45) is 0 Å². The maximum absolute atomic E-state index is 12.0. The molecule has 9 nitrogen and oxygen atoms in total. The summed E-state index contributed by atoms with van der Waals surface area (Å²) in [5.41, 5.74) is 0.0498. The summed E-state index contributed by atoms with van der Waals surface area (Å²) >= 11 is 0. The van der Waals surface area contributed by atoms with Gasteiger partial charge in [0.25, 0.3) is 5.56 Å². The molecule has 0 aliphatic carbocycles. The molecule has 138 valence electrons. The van der Waals surface area contributed by atoms with Crippen LogP contribution >= 0.6 is 6.89 Å². The first-order valence-corrected chi connectivity index (χ1v) is 11.1. The highest BCUT2D eigenvalue weighted by atomic mass is 31.2. The van der Waals surface area contributed by atoms with Crippen LogP contribution in [-0.4, -0.2) is 80.9 Å². The van der Waals surface area contributed by atoms with Crippen LogP contribution in [0.15, 0.2) is 11.1 Å². The first-order chi connectivity index (χ1) is 11.7. The van der Waals surface area contributed by atoms with E-state index in [0.717, 1.165) is 6.16 Å². The first kappa shape index (κ1) is 18.1. The van der Waals surface area contributed by atoms with Crippen molar-refractivity contribution in [3.8, 4) is 0 Å². The van der Waals surface area contributed by atoms with Gasteiger partial charge >= 0.3 is 0 Å². The molecule has 2 aromatic rings. The number of H-pyrrole nitrogens is 1. The molecule has 1 fully saturated rings. The smallest absolute Gasteiger partial charge is 0.280 e. The Balaban J connectivity index is 1.91. The molecule has 3 heterocycles. The number of aliphatic hydroxyl groups excluding tert-OH is 2. The fourth-order valence-electron chi connectivity index (χ4n) is 2.91. The third-order valence-electron chi connectivity index (χ3n) is 4.30. The van der Waals surface area contributed by atoms with E-state index < -0.39 is 31.4 Å². The number of ether oxygens (including phenoxy) is 1. The van der Waals surface area contributed by atoms with Crippen molar-refractivity contribution >= 4 is 30.3 Å². The highest BCUT2D eigenvalue weighted by Crippen LogP contribution is 2.39. The number of rotatable bonds is 5. The summed E-state index contributed by atoms with van der Waals surface area (Å²) < 4.78 is 7.38. The van der Waals surface area contributed by atoms with E-state index in [4.69, 9.17) is 4.74 Å². The van der Waals surface area contributed by atoms with Gasteiger partial charge in [0.2, 0.25) is 5.95 Å². The van der Waals surface area contributed by atoms with Crippen molar-refractivity contribution in [2.45, 2.75) is 31.0 Å². The van der Waals surface area contributed by atoms with Gasteiger partial charge in [-0.15, -0.1) is 13.2 Å². The van der Waals surface area contributed by atoms with Gasteiger partial charge in [-0.1, -0.05) is 0 Å². The summed E-state index contributed by atoms with van der Waals surface area (Å²) in [5, 5.41) is 23.5. The normalized spacial score (nSPS) is 27.1. The highest BCUT2D eigenvalue weighted by molar-refractivity contribution is 7.72. The van der Waals surface area contributed by atoms with Gasteiger partial charge in [-0.25, -0.2) is 4.98 Å². The number of fused-ring (bicyclic) bond motifs is 1. The van der Waals surface area contributed by atoms with Crippen LogP contribution in [0, 0.1) is 0 Å². The van der Waals surface area contributed by atoms with Crippen LogP contribution in [-0.2, 0) is 4.74 Å². The number of aliphatic hydroxyl groups is 2. The standard InChI is InChI=1S/C15H24N5O4P/c1-16-15-18-12-9(13(23)19-15)17-7-20(12)14-11(22)10(21)8(24-14)5-6-25(2,3)4/h7-8,10-11,14,21-22H,2,5-6H2,1,3-4H3,(H2,16,18,19,23)/t8-,10-,11-,14-/m1/s1. The van der Waals surface area contributed by atoms with Gasteiger partial charge in [-0.05, 0) is 25.9 Å². The fraction of sp³-hybridized carbons (Fsp3) is 0.600. The zero-order chi connectivity index (χ0) is 18.4. The predicted octanol–water partition coefficient (Wildman–Crippen LogP) is -0.120. The summed E-state index contributed by atoms with van der Waals surface area (Å²) in [7, 11) is 1.63. The van der Waals surface area contributed by atoms with Crippen LogP contribution < -0.4 is 10.9 Å². The van der Waals surface area contributed by atoms with Crippen molar-refractivity contribution in [2.75, 3.05) is 31.9 Å². The predicted molar refractivity (Wildman–Crippen MR) is 99.0 cm³/mol. The van der Waals surface area contributed by atoms with Gasteiger partial charge in [-0.3, -0.25) is 14.3 Å².